The van der Waals surface area contributed by atoms with Gasteiger partial charge in [0.2, 0.25) is 5.91 Å². The lowest BCUT2D eigenvalue weighted by molar-refractivity contribution is -0.134. The molecular weight excluding hydrogens is 371 g/mol. The third-order valence-corrected chi connectivity index (χ3v) is 6.60. The van der Waals surface area contributed by atoms with E-state index in [1.54, 1.807) is 25.1 Å². The molecule has 1 amide bonds. The molecule has 0 aliphatic carbocycles. The highest BCUT2D eigenvalue weighted by Crippen LogP contribution is 2.26. The summed E-state index contributed by atoms with van der Waals surface area (Å²) < 4.78 is 25.1. The Labute approximate surface area is 153 Å². The molecule has 1 saturated heterocycles. The first-order chi connectivity index (χ1) is 11.2. The van der Waals surface area contributed by atoms with Crippen molar-refractivity contribution in [3.05, 3.63) is 28.2 Å². The van der Waals surface area contributed by atoms with Crippen LogP contribution in [0.1, 0.15) is 12.8 Å². The van der Waals surface area contributed by atoms with E-state index in [0.29, 0.717) is 18.1 Å². The van der Waals surface area contributed by atoms with E-state index in [0.717, 1.165) is 19.4 Å². The van der Waals surface area contributed by atoms with E-state index in [1.807, 2.05) is 4.90 Å². The first-order valence-corrected chi connectivity index (χ1v) is 10.2. The average molecular weight is 393 g/mol. The average Bonchev–Trinajstić information content (AvgIpc) is 2.54. The van der Waals surface area contributed by atoms with Crippen molar-refractivity contribution in [1.82, 2.24) is 9.80 Å². The fourth-order valence-electron chi connectivity index (χ4n) is 2.90. The maximum absolute atomic E-state index is 12.5. The number of piperidine rings is 1. The van der Waals surface area contributed by atoms with Gasteiger partial charge in [-0.1, -0.05) is 23.2 Å². The first kappa shape index (κ1) is 19.5. The van der Waals surface area contributed by atoms with Gasteiger partial charge in [-0.05, 0) is 37.6 Å². The molecule has 24 heavy (non-hydrogen) atoms. The van der Waals surface area contributed by atoms with E-state index in [1.165, 1.54) is 12.1 Å². The second-order valence-electron chi connectivity index (χ2n) is 6.27. The Balaban J connectivity index is 2.01. The Morgan fingerprint density at radius 2 is 2.04 bits per heavy atom. The molecule has 1 aromatic carbocycles. The summed E-state index contributed by atoms with van der Waals surface area (Å²) in [5, 5.41) is 0.520. The monoisotopic (exact) mass is 392 g/mol. The van der Waals surface area contributed by atoms with E-state index in [2.05, 4.69) is 0 Å². The largest absolute Gasteiger partial charge is 0.349 e. The molecule has 2 rings (SSSR count). The summed E-state index contributed by atoms with van der Waals surface area (Å²) in [4.78, 5) is 15.8. The van der Waals surface area contributed by atoms with Crippen LogP contribution in [-0.4, -0.2) is 63.6 Å². The van der Waals surface area contributed by atoms with Gasteiger partial charge in [0, 0.05) is 32.2 Å². The Morgan fingerprint density at radius 1 is 1.33 bits per heavy atom. The van der Waals surface area contributed by atoms with Crippen LogP contribution in [0.3, 0.4) is 0 Å². The predicted octanol–water partition coefficient (Wildman–Crippen LogP) is 2.57. The molecule has 8 heteroatoms. The Kier molecular flexibility index (Phi) is 6.53. The Morgan fingerprint density at radius 3 is 2.71 bits per heavy atom. The van der Waals surface area contributed by atoms with Crippen LogP contribution in [0.2, 0.25) is 10.0 Å². The molecule has 1 aromatic rings. The fraction of sp³-hybridized carbons (Fsp3) is 0.562. The number of halogens is 2. The highest BCUT2D eigenvalue weighted by molar-refractivity contribution is 7.91. The quantitative estimate of drug-likeness (QED) is 0.772. The molecule has 1 heterocycles. The molecular formula is C16H22Cl2N2O3S. The van der Waals surface area contributed by atoms with Crippen LogP contribution in [0.25, 0.3) is 0 Å². The van der Waals surface area contributed by atoms with Gasteiger partial charge in [0.15, 0.2) is 9.84 Å². The van der Waals surface area contributed by atoms with E-state index in [4.69, 9.17) is 23.2 Å². The minimum atomic E-state index is -3.52. The van der Waals surface area contributed by atoms with Crippen molar-refractivity contribution in [2.24, 2.45) is 5.92 Å². The van der Waals surface area contributed by atoms with Crippen LogP contribution >= 0.6 is 23.2 Å². The van der Waals surface area contributed by atoms with Crippen LogP contribution in [-0.2, 0) is 14.6 Å². The van der Waals surface area contributed by atoms with Gasteiger partial charge in [0.25, 0.3) is 0 Å². The molecule has 1 aliphatic rings. The Hall–Kier alpha value is -0.820. The van der Waals surface area contributed by atoms with Crippen LogP contribution < -0.4 is 0 Å². The van der Waals surface area contributed by atoms with Crippen LogP contribution in [0.15, 0.2) is 23.1 Å². The van der Waals surface area contributed by atoms with Gasteiger partial charge in [-0.25, -0.2) is 8.42 Å². The van der Waals surface area contributed by atoms with Crippen molar-refractivity contribution < 1.29 is 13.2 Å². The fourth-order valence-corrected chi connectivity index (χ4v) is 5.00. The third kappa shape index (κ3) is 4.85. The van der Waals surface area contributed by atoms with Gasteiger partial charge in [-0.15, -0.1) is 0 Å². The number of rotatable bonds is 5. The van der Waals surface area contributed by atoms with E-state index in [-0.39, 0.29) is 27.5 Å². The minimum Gasteiger partial charge on any atom is -0.349 e. The zero-order valence-corrected chi connectivity index (χ0v) is 16.2. The highest BCUT2D eigenvalue weighted by Gasteiger charge is 2.28. The summed E-state index contributed by atoms with van der Waals surface area (Å²) >= 11 is 11.9. The summed E-state index contributed by atoms with van der Waals surface area (Å²) in [6, 6.07) is 4.43. The molecule has 0 aromatic heterocycles. The lowest BCUT2D eigenvalue weighted by Gasteiger charge is -2.33. The summed E-state index contributed by atoms with van der Waals surface area (Å²) in [5.41, 5.74) is 0. The Bertz CT molecular complexity index is 707. The van der Waals surface area contributed by atoms with Gasteiger partial charge in [-0.2, -0.15) is 0 Å². The van der Waals surface area contributed by atoms with Gasteiger partial charge in [0.05, 0.1) is 21.6 Å². The van der Waals surface area contributed by atoms with Gasteiger partial charge in [0.1, 0.15) is 0 Å². The van der Waals surface area contributed by atoms with Crippen molar-refractivity contribution >= 4 is 38.9 Å². The summed E-state index contributed by atoms with van der Waals surface area (Å²) in [5.74, 6) is -0.0118. The summed E-state index contributed by atoms with van der Waals surface area (Å²) in [7, 11) is -0.0344. The number of likely N-dealkylation sites (tertiary alicyclic amines) is 1. The van der Waals surface area contributed by atoms with Gasteiger partial charge < -0.3 is 9.80 Å². The van der Waals surface area contributed by atoms with Crippen molar-refractivity contribution in [3.63, 3.8) is 0 Å². The number of hydrogen-bond donors (Lipinski definition) is 0. The van der Waals surface area contributed by atoms with E-state index < -0.39 is 9.84 Å². The van der Waals surface area contributed by atoms with Crippen LogP contribution in [0.4, 0.5) is 0 Å². The lowest BCUT2D eigenvalue weighted by Crippen LogP contribution is -2.44. The van der Waals surface area contributed by atoms with Crippen molar-refractivity contribution in [2.45, 2.75) is 17.7 Å². The molecule has 5 nitrogen and oxygen atoms in total. The number of sulfone groups is 1. The second kappa shape index (κ2) is 8.04. The summed E-state index contributed by atoms with van der Waals surface area (Å²) in [6.45, 7) is 1.77. The zero-order valence-electron chi connectivity index (χ0n) is 13.8. The van der Waals surface area contributed by atoms with Crippen LogP contribution in [0.5, 0.6) is 0 Å². The SMILES string of the molecule is CN(C)C(=O)[C@H]1CCCN(CCS(=O)(=O)c2cc(Cl)ccc2Cl)C1. The number of hydrogen-bond acceptors (Lipinski definition) is 4. The summed E-state index contributed by atoms with van der Waals surface area (Å²) in [6.07, 6.45) is 1.74. The van der Waals surface area contributed by atoms with E-state index in [9.17, 15) is 13.2 Å². The topological polar surface area (TPSA) is 57.7 Å². The predicted molar refractivity (Wildman–Crippen MR) is 96.4 cm³/mol. The molecule has 0 saturated carbocycles. The lowest BCUT2D eigenvalue weighted by atomic mass is 9.97. The molecule has 0 radical (unpaired) electrons. The highest BCUT2D eigenvalue weighted by atomic mass is 35.5. The first-order valence-electron chi connectivity index (χ1n) is 7.82. The third-order valence-electron chi connectivity index (χ3n) is 4.20. The van der Waals surface area contributed by atoms with E-state index >= 15 is 0 Å². The maximum atomic E-state index is 12.5. The molecule has 0 bridgehead atoms. The molecule has 0 spiro atoms. The van der Waals surface area contributed by atoms with Gasteiger partial charge >= 0.3 is 0 Å². The normalized spacial score (nSPS) is 19.2. The zero-order chi connectivity index (χ0) is 17.9. The minimum absolute atomic E-state index is 0.0457. The number of carbonyl (C=O) groups is 1. The molecule has 1 fully saturated rings. The molecule has 0 unspecified atom stereocenters. The van der Waals surface area contributed by atoms with Gasteiger partial charge in [-0.3, -0.25) is 4.79 Å². The number of carbonyl (C=O) groups excluding carboxylic acids is 1. The van der Waals surface area contributed by atoms with Crippen molar-refractivity contribution in [2.75, 3.05) is 39.5 Å². The smallest absolute Gasteiger partial charge is 0.226 e. The van der Waals surface area contributed by atoms with Crippen LogP contribution in [0, 0.1) is 5.92 Å². The molecule has 134 valence electrons. The molecule has 1 atom stereocenters. The maximum Gasteiger partial charge on any atom is 0.226 e. The number of nitrogens with zero attached hydrogens (tertiary/aromatic N) is 2. The number of amides is 1. The second-order valence-corrected chi connectivity index (χ2v) is 9.19. The molecule has 1 aliphatic heterocycles. The van der Waals surface area contributed by atoms with Crippen molar-refractivity contribution in [3.8, 4) is 0 Å². The molecule has 0 N–H and O–H groups in total. The number of benzene rings is 1. The van der Waals surface area contributed by atoms with Crippen molar-refractivity contribution in [1.29, 1.82) is 0 Å². The standard InChI is InChI=1S/C16H22Cl2N2O3S/c1-19(2)16(21)12-4-3-7-20(11-12)8-9-24(22,23)15-10-13(17)5-6-14(15)18/h5-6,10,12H,3-4,7-9,11H2,1-2H3/t12-/m0/s1.